The number of nitrogens with zero attached hydrogens (tertiary/aromatic N) is 1. The van der Waals surface area contributed by atoms with Gasteiger partial charge in [-0.25, -0.2) is 4.39 Å². The summed E-state index contributed by atoms with van der Waals surface area (Å²) in [5.41, 5.74) is 8.23. The third kappa shape index (κ3) is 3.14. The average Bonchev–Trinajstić information content (AvgIpc) is 3.27. The van der Waals surface area contributed by atoms with Crippen molar-refractivity contribution in [3.8, 4) is 11.1 Å². The van der Waals surface area contributed by atoms with Gasteiger partial charge in [0.2, 0.25) is 0 Å². The fraction of sp³-hybridized carbons (Fsp3) is 0. The van der Waals surface area contributed by atoms with Crippen LogP contribution in [0.3, 0.4) is 0 Å². The molecule has 0 saturated carbocycles. The van der Waals surface area contributed by atoms with Gasteiger partial charge in [0.15, 0.2) is 11.6 Å². The Hall–Kier alpha value is -2.90. The van der Waals surface area contributed by atoms with E-state index in [2.05, 4.69) is 15.5 Å². The summed E-state index contributed by atoms with van der Waals surface area (Å²) in [7, 11) is 0. The molecule has 132 valence electrons. The third-order valence-corrected chi connectivity index (χ3v) is 4.60. The number of nitrogens with one attached hydrogen (secondary N) is 2. The molecule has 0 fully saturated rings. The van der Waals surface area contributed by atoms with E-state index >= 15 is 0 Å². The molecule has 2 aromatic heterocycles. The van der Waals surface area contributed by atoms with Crippen molar-refractivity contribution in [2.75, 3.05) is 11.1 Å². The predicted octanol–water partition coefficient (Wildman–Crippen LogP) is 4.69. The lowest BCUT2D eigenvalue weighted by molar-refractivity contribution is 0.102. The number of carbonyl (C=O) groups is 1. The largest absolute Gasteiger partial charge is 0.399 e. The van der Waals surface area contributed by atoms with Gasteiger partial charge < -0.3 is 11.1 Å². The number of rotatable bonds is 3. The number of carbonyl (C=O) groups excluding carboxylic acids is 1. The maximum atomic E-state index is 14.9. The Morgan fingerprint density at radius 3 is 2.62 bits per heavy atom. The molecule has 0 saturated heterocycles. The van der Waals surface area contributed by atoms with Crippen LogP contribution >= 0.6 is 23.7 Å². The summed E-state index contributed by atoms with van der Waals surface area (Å²) in [6, 6.07) is 12.1. The molecule has 4 aromatic rings. The number of nitrogens with two attached hydrogens (primary N) is 1. The molecule has 0 unspecified atom stereocenters. The van der Waals surface area contributed by atoms with Gasteiger partial charge in [0, 0.05) is 22.0 Å². The minimum Gasteiger partial charge on any atom is -0.399 e. The molecule has 0 aliphatic heterocycles. The van der Waals surface area contributed by atoms with E-state index in [1.54, 1.807) is 47.8 Å². The number of hydrogen-bond acceptors (Lipinski definition) is 4. The Labute approximate surface area is 158 Å². The van der Waals surface area contributed by atoms with Gasteiger partial charge in [-0.2, -0.15) is 16.4 Å². The molecule has 0 radical (unpaired) electrons. The number of nitrogen functional groups attached to an aromatic ring is 1. The number of anilines is 2. The van der Waals surface area contributed by atoms with Crippen molar-refractivity contribution in [2.24, 2.45) is 0 Å². The first kappa shape index (κ1) is 17.9. The minimum absolute atomic E-state index is 0. The molecule has 0 bridgehead atoms. The highest BCUT2D eigenvalue weighted by Gasteiger charge is 2.16. The molecule has 2 aromatic carbocycles. The summed E-state index contributed by atoms with van der Waals surface area (Å²) in [5, 5.41) is 13.5. The molecule has 2 heterocycles. The fourth-order valence-corrected chi connectivity index (χ4v) is 3.24. The van der Waals surface area contributed by atoms with E-state index in [9.17, 15) is 9.18 Å². The van der Waals surface area contributed by atoms with Crippen molar-refractivity contribution in [2.45, 2.75) is 0 Å². The number of aromatic amines is 1. The van der Waals surface area contributed by atoms with E-state index < -0.39 is 5.82 Å². The molecule has 0 aliphatic rings. The number of thiophene rings is 1. The molecule has 1 amide bonds. The summed E-state index contributed by atoms with van der Waals surface area (Å²) >= 11 is 1.43. The Morgan fingerprint density at radius 2 is 1.92 bits per heavy atom. The Kier molecular flexibility index (Phi) is 4.92. The second kappa shape index (κ2) is 7.15. The quantitative estimate of drug-likeness (QED) is 0.445. The van der Waals surface area contributed by atoms with Crippen molar-refractivity contribution in [1.82, 2.24) is 10.2 Å². The zero-order valence-electron chi connectivity index (χ0n) is 13.3. The van der Waals surface area contributed by atoms with E-state index in [0.717, 1.165) is 0 Å². The van der Waals surface area contributed by atoms with Gasteiger partial charge in [0.1, 0.15) is 5.52 Å². The second-order valence-corrected chi connectivity index (χ2v) is 6.29. The summed E-state index contributed by atoms with van der Waals surface area (Å²) in [4.78, 5) is 12.2. The maximum Gasteiger partial charge on any atom is 0.257 e. The monoisotopic (exact) mass is 388 g/mol. The molecule has 26 heavy (non-hydrogen) atoms. The van der Waals surface area contributed by atoms with Crippen molar-refractivity contribution in [3.05, 3.63) is 64.6 Å². The lowest BCUT2D eigenvalue weighted by Gasteiger charge is -2.05. The summed E-state index contributed by atoms with van der Waals surface area (Å²) in [5.74, 6) is -0.405. The molecule has 0 atom stereocenters. The lowest BCUT2D eigenvalue weighted by atomic mass is 10.0. The van der Waals surface area contributed by atoms with Gasteiger partial charge in [-0.1, -0.05) is 18.2 Å². The Bertz CT molecular complexity index is 1060. The third-order valence-electron chi connectivity index (χ3n) is 3.91. The summed E-state index contributed by atoms with van der Waals surface area (Å²) in [6.07, 6.45) is 0. The highest BCUT2D eigenvalue weighted by molar-refractivity contribution is 7.08. The molecular weight excluding hydrogens is 375 g/mol. The topological polar surface area (TPSA) is 83.8 Å². The van der Waals surface area contributed by atoms with Crippen molar-refractivity contribution in [1.29, 1.82) is 0 Å². The first-order valence-corrected chi connectivity index (χ1v) is 8.44. The number of hydrogen-bond donors (Lipinski definition) is 3. The lowest BCUT2D eigenvalue weighted by Crippen LogP contribution is -2.11. The van der Waals surface area contributed by atoms with E-state index in [1.165, 1.54) is 11.3 Å². The number of amides is 1. The van der Waals surface area contributed by atoms with E-state index in [-0.39, 0.29) is 23.8 Å². The zero-order chi connectivity index (χ0) is 17.4. The highest BCUT2D eigenvalue weighted by atomic mass is 35.5. The van der Waals surface area contributed by atoms with Gasteiger partial charge in [-0.05, 0) is 35.2 Å². The van der Waals surface area contributed by atoms with Crippen LogP contribution in [0, 0.1) is 5.82 Å². The maximum absolute atomic E-state index is 14.9. The van der Waals surface area contributed by atoms with E-state index in [0.29, 0.717) is 33.6 Å². The van der Waals surface area contributed by atoms with Crippen molar-refractivity contribution in [3.63, 3.8) is 0 Å². The van der Waals surface area contributed by atoms with Crippen molar-refractivity contribution < 1.29 is 9.18 Å². The molecule has 0 spiro atoms. The summed E-state index contributed by atoms with van der Waals surface area (Å²) < 4.78 is 14.9. The number of H-pyrrole nitrogens is 1. The van der Waals surface area contributed by atoms with E-state index in [4.69, 9.17) is 5.73 Å². The van der Waals surface area contributed by atoms with Crippen LogP contribution in [0.25, 0.3) is 22.0 Å². The van der Waals surface area contributed by atoms with Crippen LogP contribution in [0.2, 0.25) is 0 Å². The van der Waals surface area contributed by atoms with Gasteiger partial charge in [0.05, 0.1) is 5.56 Å². The van der Waals surface area contributed by atoms with Crippen LogP contribution in [0.5, 0.6) is 0 Å². The standard InChI is InChI=1S/C18H13FN4OS.ClH/c19-15-13(10-1-3-12(20)4-2-10)5-6-14-16(15)22-23-17(14)21-18(24)11-7-8-25-9-11;/h1-9H,20H2,(H2,21,22,23,24);1H. The average molecular weight is 389 g/mol. The molecule has 4 N–H and O–H groups in total. The minimum atomic E-state index is -0.425. The van der Waals surface area contributed by atoms with Crippen LogP contribution in [-0.4, -0.2) is 16.1 Å². The van der Waals surface area contributed by atoms with Gasteiger partial charge in [0.25, 0.3) is 5.91 Å². The molecular formula is C18H14ClFN4OS. The smallest absolute Gasteiger partial charge is 0.257 e. The van der Waals surface area contributed by atoms with Crippen LogP contribution in [0.15, 0.2) is 53.2 Å². The van der Waals surface area contributed by atoms with Crippen molar-refractivity contribution >= 4 is 52.1 Å². The van der Waals surface area contributed by atoms with Crippen LogP contribution < -0.4 is 11.1 Å². The first-order chi connectivity index (χ1) is 12.1. The fourth-order valence-electron chi connectivity index (χ4n) is 2.61. The van der Waals surface area contributed by atoms with Gasteiger partial charge >= 0.3 is 0 Å². The normalized spacial score (nSPS) is 10.5. The predicted molar refractivity (Wildman–Crippen MR) is 105 cm³/mol. The number of halogens is 2. The number of aromatic nitrogens is 2. The number of benzene rings is 2. The molecule has 4 rings (SSSR count). The zero-order valence-corrected chi connectivity index (χ0v) is 15.0. The number of fused-ring (bicyclic) bond motifs is 1. The Balaban J connectivity index is 0.00000196. The highest BCUT2D eigenvalue weighted by Crippen LogP contribution is 2.31. The van der Waals surface area contributed by atoms with E-state index in [1.807, 2.05) is 5.38 Å². The first-order valence-electron chi connectivity index (χ1n) is 7.49. The van der Waals surface area contributed by atoms with Crippen LogP contribution in [0.4, 0.5) is 15.9 Å². The van der Waals surface area contributed by atoms with Crippen LogP contribution in [0.1, 0.15) is 10.4 Å². The molecule has 8 heteroatoms. The summed E-state index contributed by atoms with van der Waals surface area (Å²) in [6.45, 7) is 0. The molecule has 0 aliphatic carbocycles. The van der Waals surface area contributed by atoms with Gasteiger partial charge in [-0.15, -0.1) is 12.4 Å². The Morgan fingerprint density at radius 1 is 1.15 bits per heavy atom. The van der Waals surface area contributed by atoms with Gasteiger partial charge in [-0.3, -0.25) is 9.89 Å². The second-order valence-electron chi connectivity index (χ2n) is 5.51. The SMILES string of the molecule is Cl.Nc1ccc(-c2ccc3c(NC(=O)c4ccsc4)n[nH]c3c2F)cc1. The molecule has 5 nitrogen and oxygen atoms in total. The van der Waals surface area contributed by atoms with Crippen LogP contribution in [-0.2, 0) is 0 Å².